The highest BCUT2D eigenvalue weighted by atomic mass is 35.5. The summed E-state index contributed by atoms with van der Waals surface area (Å²) < 4.78 is 6.88. The minimum atomic E-state index is -0.412. The van der Waals surface area contributed by atoms with Crippen molar-refractivity contribution in [1.29, 1.82) is 0 Å². The van der Waals surface area contributed by atoms with Crippen LogP contribution in [-0.2, 0) is 17.3 Å². The number of benzene rings is 1. The second-order valence-electron chi connectivity index (χ2n) is 6.50. The molecule has 0 bridgehead atoms. The summed E-state index contributed by atoms with van der Waals surface area (Å²) in [5, 5.41) is 10.2. The molecule has 0 saturated heterocycles. The number of nitrogens with one attached hydrogen (secondary N) is 2. The van der Waals surface area contributed by atoms with Crippen molar-refractivity contribution in [3.63, 3.8) is 0 Å². The number of likely N-dealkylation sites (N-methyl/N-ethyl adjacent to an activating group) is 1. The van der Waals surface area contributed by atoms with E-state index in [1.54, 1.807) is 25.0 Å². The number of hydrogen-bond donors (Lipinski definition) is 2. The normalized spacial score (nSPS) is 12.2. The van der Waals surface area contributed by atoms with E-state index in [-0.39, 0.29) is 23.7 Å². The molecule has 1 unspecified atom stereocenters. The SMILES string of the molecule is CNC(C(=O)NCC(C)(C)c1ccc(OC)cc1)c1cnn(C)c1.Cl. The van der Waals surface area contributed by atoms with Crippen molar-refractivity contribution in [1.82, 2.24) is 20.4 Å². The quantitative estimate of drug-likeness (QED) is 0.788. The predicted octanol–water partition coefficient (Wildman–Crippen LogP) is 2.21. The summed E-state index contributed by atoms with van der Waals surface area (Å²) in [6.45, 7) is 4.75. The standard InChI is InChI=1S/C18H26N4O2.ClH/c1-18(2,14-6-8-15(24-5)9-7-14)12-20-17(23)16(19-3)13-10-21-22(4)11-13;/h6-11,16,19H,12H2,1-5H3,(H,20,23);1H. The van der Waals surface area contributed by atoms with Gasteiger partial charge in [-0.25, -0.2) is 0 Å². The van der Waals surface area contributed by atoms with Gasteiger partial charge in [0.1, 0.15) is 11.8 Å². The van der Waals surface area contributed by atoms with E-state index in [0.717, 1.165) is 16.9 Å². The fourth-order valence-electron chi connectivity index (χ4n) is 2.59. The molecule has 0 aliphatic carbocycles. The van der Waals surface area contributed by atoms with E-state index < -0.39 is 6.04 Å². The molecule has 7 heteroatoms. The molecule has 1 aromatic carbocycles. The van der Waals surface area contributed by atoms with E-state index in [2.05, 4.69) is 29.6 Å². The highest BCUT2D eigenvalue weighted by Gasteiger charge is 2.25. The zero-order chi connectivity index (χ0) is 17.7. The minimum absolute atomic E-state index is 0. The third kappa shape index (κ3) is 5.21. The molecule has 2 rings (SSSR count). The number of nitrogens with zero attached hydrogens (tertiary/aromatic N) is 2. The number of aromatic nitrogens is 2. The first-order valence-electron chi connectivity index (χ1n) is 7.95. The van der Waals surface area contributed by atoms with Gasteiger partial charge in [-0.05, 0) is 24.7 Å². The fraction of sp³-hybridized carbons (Fsp3) is 0.444. The Morgan fingerprint density at radius 2 is 1.96 bits per heavy atom. The Morgan fingerprint density at radius 1 is 1.32 bits per heavy atom. The third-order valence-corrected chi connectivity index (χ3v) is 4.19. The number of hydrogen-bond acceptors (Lipinski definition) is 4. The van der Waals surface area contributed by atoms with Crippen molar-refractivity contribution in [3.05, 3.63) is 47.8 Å². The lowest BCUT2D eigenvalue weighted by atomic mass is 9.84. The van der Waals surface area contributed by atoms with Gasteiger partial charge in [0.05, 0.1) is 13.3 Å². The second-order valence-corrected chi connectivity index (χ2v) is 6.50. The molecule has 2 aromatic rings. The van der Waals surface area contributed by atoms with E-state index >= 15 is 0 Å². The van der Waals surface area contributed by atoms with Gasteiger partial charge in [-0.1, -0.05) is 26.0 Å². The topological polar surface area (TPSA) is 68.2 Å². The van der Waals surface area contributed by atoms with Crippen LogP contribution in [0.4, 0.5) is 0 Å². The van der Waals surface area contributed by atoms with Crippen LogP contribution in [0.25, 0.3) is 0 Å². The first kappa shape index (κ1) is 21.0. The second kappa shape index (κ2) is 8.87. The van der Waals surface area contributed by atoms with E-state index in [1.165, 1.54) is 0 Å². The lowest BCUT2D eigenvalue weighted by molar-refractivity contribution is -0.123. The summed E-state index contributed by atoms with van der Waals surface area (Å²) >= 11 is 0. The van der Waals surface area contributed by atoms with Gasteiger partial charge in [0, 0.05) is 30.8 Å². The average molecular weight is 367 g/mol. The molecule has 6 nitrogen and oxygen atoms in total. The molecule has 138 valence electrons. The van der Waals surface area contributed by atoms with Crippen molar-refractivity contribution in [2.24, 2.45) is 7.05 Å². The number of ether oxygens (including phenoxy) is 1. The van der Waals surface area contributed by atoms with Crippen molar-refractivity contribution in [3.8, 4) is 5.75 Å². The van der Waals surface area contributed by atoms with Crippen LogP contribution in [-0.4, -0.2) is 36.4 Å². The van der Waals surface area contributed by atoms with Crippen LogP contribution in [0.5, 0.6) is 5.75 Å². The molecule has 0 fully saturated rings. The lowest BCUT2D eigenvalue weighted by Crippen LogP contribution is -2.42. The monoisotopic (exact) mass is 366 g/mol. The van der Waals surface area contributed by atoms with Crippen LogP contribution in [0.3, 0.4) is 0 Å². The Bertz CT molecular complexity index is 683. The highest BCUT2D eigenvalue weighted by Crippen LogP contribution is 2.25. The molecule has 0 aliphatic rings. The van der Waals surface area contributed by atoms with E-state index in [1.807, 2.05) is 37.5 Å². The predicted molar refractivity (Wildman–Crippen MR) is 101 cm³/mol. The number of methoxy groups -OCH3 is 1. The Labute approximate surface area is 155 Å². The number of amides is 1. The number of aryl methyl sites for hydroxylation is 1. The lowest BCUT2D eigenvalue weighted by Gasteiger charge is -2.27. The average Bonchev–Trinajstić information content (AvgIpc) is 3.00. The van der Waals surface area contributed by atoms with Crippen LogP contribution in [0.2, 0.25) is 0 Å². The summed E-state index contributed by atoms with van der Waals surface area (Å²) in [7, 11) is 5.25. The van der Waals surface area contributed by atoms with Gasteiger partial charge in [-0.3, -0.25) is 9.48 Å². The van der Waals surface area contributed by atoms with Crippen LogP contribution in [0.15, 0.2) is 36.7 Å². The maximum absolute atomic E-state index is 12.5. The number of halogens is 1. The van der Waals surface area contributed by atoms with Crippen molar-refractivity contribution < 1.29 is 9.53 Å². The Hall–Kier alpha value is -2.05. The summed E-state index contributed by atoms with van der Waals surface area (Å²) in [5.41, 5.74) is 1.81. The zero-order valence-electron chi connectivity index (χ0n) is 15.4. The maximum Gasteiger partial charge on any atom is 0.241 e. The van der Waals surface area contributed by atoms with E-state index in [4.69, 9.17) is 4.74 Å². The van der Waals surface area contributed by atoms with Crippen molar-refractivity contribution >= 4 is 18.3 Å². The van der Waals surface area contributed by atoms with Gasteiger partial charge in [-0.15, -0.1) is 12.4 Å². The van der Waals surface area contributed by atoms with Gasteiger partial charge < -0.3 is 15.4 Å². The molecule has 1 amide bonds. The number of carbonyl (C=O) groups excluding carboxylic acids is 1. The summed E-state index contributed by atoms with van der Waals surface area (Å²) in [5.74, 6) is 0.762. The molecular formula is C18H27ClN4O2. The molecule has 0 aliphatic heterocycles. The largest absolute Gasteiger partial charge is 0.497 e. The van der Waals surface area contributed by atoms with Gasteiger partial charge in [0.25, 0.3) is 0 Å². The van der Waals surface area contributed by atoms with Crippen LogP contribution < -0.4 is 15.4 Å². The first-order valence-corrected chi connectivity index (χ1v) is 7.95. The smallest absolute Gasteiger partial charge is 0.241 e. The number of carbonyl (C=O) groups is 1. The molecule has 0 spiro atoms. The van der Waals surface area contributed by atoms with Gasteiger partial charge in [0.2, 0.25) is 5.91 Å². The first-order chi connectivity index (χ1) is 11.4. The summed E-state index contributed by atoms with van der Waals surface area (Å²) in [6.07, 6.45) is 3.55. The van der Waals surface area contributed by atoms with Gasteiger partial charge in [-0.2, -0.15) is 5.10 Å². The molecule has 1 heterocycles. The van der Waals surface area contributed by atoms with E-state index in [9.17, 15) is 4.79 Å². The van der Waals surface area contributed by atoms with Crippen LogP contribution >= 0.6 is 12.4 Å². The molecular weight excluding hydrogens is 340 g/mol. The van der Waals surface area contributed by atoms with E-state index in [0.29, 0.717) is 6.54 Å². The molecule has 1 atom stereocenters. The molecule has 1 aromatic heterocycles. The minimum Gasteiger partial charge on any atom is -0.497 e. The van der Waals surface area contributed by atoms with Gasteiger partial charge >= 0.3 is 0 Å². The van der Waals surface area contributed by atoms with Crippen LogP contribution in [0, 0.1) is 0 Å². The maximum atomic E-state index is 12.5. The van der Waals surface area contributed by atoms with Crippen molar-refractivity contribution in [2.75, 3.05) is 20.7 Å². The Morgan fingerprint density at radius 3 is 2.44 bits per heavy atom. The number of rotatable bonds is 7. The molecule has 0 saturated carbocycles. The highest BCUT2D eigenvalue weighted by molar-refractivity contribution is 5.85. The Balaban J connectivity index is 0.00000312. The van der Waals surface area contributed by atoms with Gasteiger partial charge in [0.15, 0.2) is 0 Å². The molecule has 2 N–H and O–H groups in total. The van der Waals surface area contributed by atoms with Crippen molar-refractivity contribution in [2.45, 2.75) is 25.3 Å². The fourth-order valence-corrected chi connectivity index (χ4v) is 2.59. The molecule has 25 heavy (non-hydrogen) atoms. The zero-order valence-corrected chi connectivity index (χ0v) is 16.2. The summed E-state index contributed by atoms with van der Waals surface area (Å²) in [6, 6.07) is 7.52. The summed E-state index contributed by atoms with van der Waals surface area (Å²) in [4.78, 5) is 12.5. The Kier molecular flexibility index (Phi) is 7.45. The van der Waals surface area contributed by atoms with Crippen LogP contribution in [0.1, 0.15) is 31.0 Å². The molecule has 0 radical (unpaired) electrons. The third-order valence-electron chi connectivity index (χ3n) is 4.19.